The average Bonchev–Trinajstić information content (AvgIpc) is 2.46. The SMILES string of the molecule is NC(=O)C(N)Cc1cccc(CSc2ncccn2)n1. The van der Waals surface area contributed by atoms with Crippen molar-refractivity contribution in [1.82, 2.24) is 15.0 Å². The molecule has 2 rings (SSSR count). The lowest BCUT2D eigenvalue weighted by atomic mass is 10.1. The minimum Gasteiger partial charge on any atom is -0.368 e. The van der Waals surface area contributed by atoms with Gasteiger partial charge in [-0.15, -0.1) is 0 Å². The Balaban J connectivity index is 1.97. The molecule has 0 aliphatic heterocycles. The number of amides is 1. The summed E-state index contributed by atoms with van der Waals surface area (Å²) in [5.74, 6) is 0.133. The van der Waals surface area contributed by atoms with E-state index in [9.17, 15) is 4.79 Å². The van der Waals surface area contributed by atoms with E-state index in [-0.39, 0.29) is 0 Å². The van der Waals surface area contributed by atoms with Crippen molar-refractivity contribution < 1.29 is 4.79 Å². The van der Waals surface area contributed by atoms with Gasteiger partial charge in [0.05, 0.1) is 11.7 Å². The Kier molecular flexibility index (Phi) is 5.03. The zero-order valence-electron chi connectivity index (χ0n) is 10.8. The fourth-order valence-corrected chi connectivity index (χ4v) is 2.26. The number of hydrogen-bond donors (Lipinski definition) is 2. The van der Waals surface area contributed by atoms with Gasteiger partial charge in [-0.05, 0) is 18.2 Å². The van der Waals surface area contributed by atoms with Crippen molar-refractivity contribution in [3.05, 3.63) is 48.0 Å². The molecule has 1 unspecified atom stereocenters. The molecular formula is C13H15N5OS. The summed E-state index contributed by atoms with van der Waals surface area (Å²) in [6.07, 6.45) is 3.74. The minimum absolute atomic E-state index is 0.343. The number of rotatable bonds is 6. The summed E-state index contributed by atoms with van der Waals surface area (Å²) in [5, 5.41) is 0.702. The number of primary amides is 1. The topological polar surface area (TPSA) is 108 Å². The number of hydrogen-bond acceptors (Lipinski definition) is 6. The lowest BCUT2D eigenvalue weighted by molar-refractivity contribution is -0.119. The first-order chi connectivity index (χ1) is 9.65. The number of carbonyl (C=O) groups excluding carboxylic acids is 1. The predicted octanol–water partition coefficient (Wildman–Crippen LogP) is 0.519. The molecule has 4 N–H and O–H groups in total. The molecular weight excluding hydrogens is 274 g/mol. The van der Waals surface area contributed by atoms with Gasteiger partial charge in [-0.1, -0.05) is 17.8 Å². The van der Waals surface area contributed by atoms with Gasteiger partial charge in [-0.25, -0.2) is 9.97 Å². The van der Waals surface area contributed by atoms with Gasteiger partial charge in [-0.3, -0.25) is 9.78 Å². The molecule has 7 heteroatoms. The van der Waals surface area contributed by atoms with E-state index in [1.807, 2.05) is 18.2 Å². The molecule has 0 aliphatic rings. The largest absolute Gasteiger partial charge is 0.368 e. The third-order valence-corrected chi connectivity index (χ3v) is 3.46. The standard InChI is InChI=1S/C13H15N5OS/c14-11(12(15)19)7-9-3-1-4-10(18-9)8-20-13-16-5-2-6-17-13/h1-6,11H,7-8,14H2,(H2,15,19). The van der Waals surface area contributed by atoms with Gasteiger partial charge in [0.15, 0.2) is 5.16 Å². The van der Waals surface area contributed by atoms with Crippen LogP contribution in [0.5, 0.6) is 0 Å². The van der Waals surface area contributed by atoms with Crippen molar-refractivity contribution in [3.8, 4) is 0 Å². The molecule has 0 aromatic carbocycles. The van der Waals surface area contributed by atoms with Crippen molar-refractivity contribution in [1.29, 1.82) is 0 Å². The summed E-state index contributed by atoms with van der Waals surface area (Å²) >= 11 is 1.50. The van der Waals surface area contributed by atoms with Crippen molar-refractivity contribution in [2.45, 2.75) is 23.4 Å². The third-order valence-electron chi connectivity index (χ3n) is 2.55. The Morgan fingerprint density at radius 2 is 1.90 bits per heavy atom. The third kappa shape index (κ3) is 4.29. The van der Waals surface area contributed by atoms with E-state index in [1.165, 1.54) is 11.8 Å². The van der Waals surface area contributed by atoms with Crippen LogP contribution in [0.4, 0.5) is 0 Å². The maximum Gasteiger partial charge on any atom is 0.234 e. The van der Waals surface area contributed by atoms with Crippen molar-refractivity contribution in [2.75, 3.05) is 0 Å². The summed E-state index contributed by atoms with van der Waals surface area (Å²) < 4.78 is 0. The highest BCUT2D eigenvalue weighted by molar-refractivity contribution is 7.98. The summed E-state index contributed by atoms with van der Waals surface area (Å²) in [4.78, 5) is 23.7. The van der Waals surface area contributed by atoms with Crippen LogP contribution in [0.15, 0.2) is 41.8 Å². The maximum absolute atomic E-state index is 10.9. The molecule has 20 heavy (non-hydrogen) atoms. The van der Waals surface area contributed by atoms with E-state index < -0.39 is 11.9 Å². The molecule has 0 bridgehead atoms. The number of aromatic nitrogens is 3. The smallest absolute Gasteiger partial charge is 0.234 e. The Morgan fingerprint density at radius 1 is 1.20 bits per heavy atom. The first kappa shape index (κ1) is 14.4. The normalized spacial score (nSPS) is 12.1. The summed E-state index contributed by atoms with van der Waals surface area (Å²) in [6.45, 7) is 0. The van der Waals surface area contributed by atoms with E-state index in [1.54, 1.807) is 18.5 Å². The van der Waals surface area contributed by atoms with Gasteiger partial charge in [0.2, 0.25) is 5.91 Å². The maximum atomic E-state index is 10.9. The van der Waals surface area contributed by atoms with E-state index in [0.29, 0.717) is 17.3 Å². The van der Waals surface area contributed by atoms with Crippen molar-refractivity contribution in [3.63, 3.8) is 0 Å². The lowest BCUT2D eigenvalue weighted by Gasteiger charge is -2.08. The zero-order valence-corrected chi connectivity index (χ0v) is 11.6. The second-order valence-corrected chi connectivity index (χ2v) is 5.10. The van der Waals surface area contributed by atoms with Crippen LogP contribution in [0.3, 0.4) is 0 Å². The molecule has 2 aromatic heterocycles. The van der Waals surface area contributed by atoms with Crippen LogP contribution >= 0.6 is 11.8 Å². The van der Waals surface area contributed by atoms with Gasteiger partial charge in [-0.2, -0.15) is 0 Å². The Hall–Kier alpha value is -1.99. The van der Waals surface area contributed by atoms with Gasteiger partial charge < -0.3 is 11.5 Å². The quantitative estimate of drug-likeness (QED) is 0.593. The molecule has 6 nitrogen and oxygen atoms in total. The van der Waals surface area contributed by atoms with E-state index >= 15 is 0 Å². The molecule has 0 spiro atoms. The fourth-order valence-electron chi connectivity index (χ4n) is 1.55. The van der Waals surface area contributed by atoms with Crippen molar-refractivity contribution >= 4 is 17.7 Å². The number of nitrogens with zero attached hydrogens (tertiary/aromatic N) is 3. The van der Waals surface area contributed by atoms with E-state index in [2.05, 4.69) is 15.0 Å². The summed E-state index contributed by atoms with van der Waals surface area (Å²) in [5.41, 5.74) is 12.4. The van der Waals surface area contributed by atoms with Crippen LogP contribution < -0.4 is 11.5 Å². The highest BCUT2D eigenvalue weighted by Gasteiger charge is 2.11. The Labute approximate surface area is 121 Å². The molecule has 1 atom stereocenters. The first-order valence-electron chi connectivity index (χ1n) is 6.04. The first-order valence-corrected chi connectivity index (χ1v) is 7.03. The van der Waals surface area contributed by atoms with Crippen LogP contribution in [0.25, 0.3) is 0 Å². The minimum atomic E-state index is -0.706. The van der Waals surface area contributed by atoms with Crippen LogP contribution in [0.2, 0.25) is 0 Å². The number of carbonyl (C=O) groups is 1. The lowest BCUT2D eigenvalue weighted by Crippen LogP contribution is -2.38. The number of thioether (sulfide) groups is 1. The molecule has 1 amide bonds. The highest BCUT2D eigenvalue weighted by atomic mass is 32.2. The van der Waals surface area contributed by atoms with Crippen LogP contribution in [0, 0.1) is 0 Å². The van der Waals surface area contributed by atoms with Gasteiger partial charge >= 0.3 is 0 Å². The van der Waals surface area contributed by atoms with E-state index in [4.69, 9.17) is 11.5 Å². The monoisotopic (exact) mass is 289 g/mol. The second kappa shape index (κ2) is 6.97. The summed E-state index contributed by atoms with van der Waals surface area (Å²) in [7, 11) is 0. The molecule has 0 saturated heterocycles. The van der Waals surface area contributed by atoms with E-state index in [0.717, 1.165) is 11.4 Å². The second-order valence-electron chi connectivity index (χ2n) is 4.15. The molecule has 104 valence electrons. The predicted molar refractivity (Wildman–Crippen MR) is 76.7 cm³/mol. The number of pyridine rings is 1. The average molecular weight is 289 g/mol. The molecule has 2 heterocycles. The van der Waals surface area contributed by atoms with Gasteiger partial charge in [0.25, 0.3) is 0 Å². The van der Waals surface area contributed by atoms with Crippen LogP contribution in [-0.2, 0) is 17.0 Å². The van der Waals surface area contributed by atoms with Crippen molar-refractivity contribution in [2.24, 2.45) is 11.5 Å². The van der Waals surface area contributed by atoms with Crippen LogP contribution in [0.1, 0.15) is 11.4 Å². The van der Waals surface area contributed by atoms with Crippen LogP contribution in [-0.4, -0.2) is 26.9 Å². The molecule has 0 saturated carbocycles. The molecule has 2 aromatic rings. The molecule has 0 radical (unpaired) electrons. The van der Waals surface area contributed by atoms with Gasteiger partial charge in [0.1, 0.15) is 0 Å². The Bertz CT molecular complexity index is 578. The fraction of sp³-hybridized carbons (Fsp3) is 0.231. The highest BCUT2D eigenvalue weighted by Crippen LogP contribution is 2.17. The molecule has 0 aliphatic carbocycles. The Morgan fingerprint density at radius 3 is 2.60 bits per heavy atom. The zero-order chi connectivity index (χ0) is 14.4. The summed E-state index contributed by atoms with van der Waals surface area (Å²) in [6, 6.07) is 6.69. The molecule has 0 fully saturated rings. The van der Waals surface area contributed by atoms with Gasteiger partial charge in [0, 0.05) is 30.3 Å². The number of nitrogens with two attached hydrogens (primary N) is 2.